The van der Waals surface area contributed by atoms with Crippen LogP contribution in [0.5, 0.6) is 5.75 Å². The van der Waals surface area contributed by atoms with Gasteiger partial charge in [-0.25, -0.2) is 0 Å². The number of aromatic hydroxyl groups is 1. The van der Waals surface area contributed by atoms with Gasteiger partial charge in [0, 0.05) is 7.05 Å². The zero-order chi connectivity index (χ0) is 6.69. The Morgan fingerprint density at radius 1 is 1.67 bits per heavy atom. The lowest BCUT2D eigenvalue weighted by atomic mass is 10.3. The second-order valence-corrected chi connectivity index (χ2v) is 1.69. The second-order valence-electron chi connectivity index (χ2n) is 1.69. The van der Waals surface area contributed by atoms with E-state index >= 15 is 0 Å². The van der Waals surface area contributed by atoms with Gasteiger partial charge in [-0.3, -0.25) is 0 Å². The lowest BCUT2D eigenvalue weighted by Crippen LogP contribution is -1.86. The number of anilines is 1. The predicted octanol–water partition coefficient (Wildman–Crippen LogP) is 1.23. The van der Waals surface area contributed by atoms with E-state index in [1.54, 1.807) is 19.2 Å². The molecule has 2 N–H and O–H groups in total. The smallest absolute Gasteiger partial charge is 0.139 e. The van der Waals surface area contributed by atoms with Crippen molar-refractivity contribution in [1.82, 2.24) is 0 Å². The Bertz CT molecular complexity index is 198. The van der Waals surface area contributed by atoms with Crippen LogP contribution in [0.3, 0.4) is 0 Å². The molecule has 0 aromatic heterocycles. The minimum Gasteiger partial charge on any atom is -0.506 e. The number of rotatable bonds is 1. The van der Waals surface area contributed by atoms with Gasteiger partial charge in [0.25, 0.3) is 0 Å². The number of phenolic OH excluding ortho intramolecular Hbond substituents is 1. The van der Waals surface area contributed by atoms with Gasteiger partial charge in [-0.1, -0.05) is 6.07 Å². The average molecular weight is 122 g/mol. The number of hydrogen-bond acceptors (Lipinski definition) is 2. The minimum atomic E-state index is 0.236. The third kappa shape index (κ3) is 1.13. The van der Waals surface area contributed by atoms with Crippen molar-refractivity contribution < 1.29 is 5.11 Å². The topological polar surface area (TPSA) is 32.3 Å². The maximum absolute atomic E-state index is 9.02. The molecule has 0 saturated heterocycles. The van der Waals surface area contributed by atoms with Crippen LogP contribution in [0.2, 0.25) is 0 Å². The lowest BCUT2D eigenvalue weighted by Gasteiger charge is -1.99. The first-order chi connectivity index (χ1) is 4.34. The van der Waals surface area contributed by atoms with Crippen LogP contribution in [0.1, 0.15) is 0 Å². The number of benzene rings is 1. The van der Waals surface area contributed by atoms with Crippen LogP contribution in [0.4, 0.5) is 5.69 Å². The van der Waals surface area contributed by atoms with Gasteiger partial charge in [-0.15, -0.1) is 0 Å². The normalized spacial score (nSPS) is 9.00. The number of phenols is 1. The van der Waals surface area contributed by atoms with E-state index in [0.717, 1.165) is 5.69 Å². The maximum Gasteiger partial charge on any atom is 0.139 e. The fourth-order valence-electron chi connectivity index (χ4n) is 0.633. The molecule has 0 fully saturated rings. The third-order valence-electron chi connectivity index (χ3n) is 1.11. The summed E-state index contributed by atoms with van der Waals surface area (Å²) in [5.74, 6) is 0.236. The quantitative estimate of drug-likeness (QED) is 0.549. The van der Waals surface area contributed by atoms with Gasteiger partial charge in [0.1, 0.15) is 5.75 Å². The van der Waals surface area contributed by atoms with Crippen molar-refractivity contribution >= 4 is 5.69 Å². The van der Waals surface area contributed by atoms with Gasteiger partial charge in [-0.2, -0.15) is 0 Å². The summed E-state index contributed by atoms with van der Waals surface area (Å²) in [4.78, 5) is 0. The molecule has 0 aliphatic carbocycles. The van der Waals surface area contributed by atoms with Crippen molar-refractivity contribution in [2.24, 2.45) is 0 Å². The molecule has 1 rings (SSSR count). The minimum absolute atomic E-state index is 0.236. The molecule has 0 spiro atoms. The summed E-state index contributed by atoms with van der Waals surface area (Å²) in [6, 6.07) is 7.77. The molecule has 0 aliphatic rings. The summed E-state index contributed by atoms with van der Waals surface area (Å²) in [5.41, 5.74) is 0.730. The van der Waals surface area contributed by atoms with Crippen LogP contribution >= 0.6 is 0 Å². The lowest BCUT2D eigenvalue weighted by molar-refractivity contribution is 0.477. The Kier molecular flexibility index (Phi) is 1.58. The van der Waals surface area contributed by atoms with Crippen LogP contribution in [-0.4, -0.2) is 12.2 Å². The van der Waals surface area contributed by atoms with Crippen LogP contribution in [0, 0.1) is 6.07 Å². The SMILES string of the molecule is CNc1cc[c]cc1O. The summed E-state index contributed by atoms with van der Waals surface area (Å²) in [5, 5.41) is 11.8. The Labute approximate surface area is 54.1 Å². The first-order valence-corrected chi connectivity index (χ1v) is 2.71. The predicted molar refractivity (Wildman–Crippen MR) is 36.5 cm³/mol. The van der Waals surface area contributed by atoms with Crippen molar-refractivity contribution in [2.75, 3.05) is 12.4 Å². The van der Waals surface area contributed by atoms with Crippen LogP contribution in [0.25, 0.3) is 0 Å². The van der Waals surface area contributed by atoms with E-state index in [-0.39, 0.29) is 5.75 Å². The van der Waals surface area contributed by atoms with Crippen molar-refractivity contribution in [3.05, 3.63) is 24.3 Å². The molecule has 1 aromatic rings. The van der Waals surface area contributed by atoms with E-state index in [1.165, 1.54) is 6.07 Å². The molecule has 0 unspecified atom stereocenters. The van der Waals surface area contributed by atoms with Gasteiger partial charge in [0.15, 0.2) is 0 Å². The molecule has 1 aromatic carbocycles. The Morgan fingerprint density at radius 2 is 2.44 bits per heavy atom. The standard InChI is InChI=1S/C7H8NO/c1-8-6-4-2-3-5-7(6)9/h2,4-5,8-9H,1H3. The van der Waals surface area contributed by atoms with E-state index in [9.17, 15) is 0 Å². The first kappa shape index (κ1) is 5.95. The zero-order valence-electron chi connectivity index (χ0n) is 5.18. The highest BCUT2D eigenvalue weighted by atomic mass is 16.3. The molecule has 0 aliphatic heterocycles. The summed E-state index contributed by atoms with van der Waals surface area (Å²) in [6.07, 6.45) is 0. The van der Waals surface area contributed by atoms with E-state index in [4.69, 9.17) is 5.11 Å². The monoisotopic (exact) mass is 122 g/mol. The van der Waals surface area contributed by atoms with Gasteiger partial charge in [0.05, 0.1) is 5.69 Å². The van der Waals surface area contributed by atoms with Gasteiger partial charge >= 0.3 is 0 Å². The average Bonchev–Trinajstić information content (AvgIpc) is 1.89. The number of nitrogens with one attached hydrogen (secondary N) is 1. The molecular weight excluding hydrogens is 114 g/mol. The van der Waals surface area contributed by atoms with Crippen LogP contribution < -0.4 is 5.32 Å². The summed E-state index contributed by atoms with van der Waals surface area (Å²) < 4.78 is 0. The highest BCUT2D eigenvalue weighted by molar-refractivity contribution is 5.54. The Hall–Kier alpha value is -1.18. The zero-order valence-corrected chi connectivity index (χ0v) is 5.18. The maximum atomic E-state index is 9.02. The highest BCUT2D eigenvalue weighted by Crippen LogP contribution is 2.19. The molecule has 2 heteroatoms. The van der Waals surface area contributed by atoms with Crippen LogP contribution in [-0.2, 0) is 0 Å². The molecule has 2 nitrogen and oxygen atoms in total. The Balaban J connectivity index is 3.01. The van der Waals surface area contributed by atoms with Crippen molar-refractivity contribution in [3.8, 4) is 5.75 Å². The molecule has 0 atom stereocenters. The molecule has 0 heterocycles. The molecule has 9 heavy (non-hydrogen) atoms. The molecule has 0 bridgehead atoms. The molecule has 0 amide bonds. The van der Waals surface area contributed by atoms with E-state index < -0.39 is 0 Å². The Morgan fingerprint density at radius 3 is 2.89 bits per heavy atom. The molecule has 47 valence electrons. The molecular formula is C7H8NO. The van der Waals surface area contributed by atoms with Gasteiger partial charge in [0.2, 0.25) is 0 Å². The van der Waals surface area contributed by atoms with Gasteiger partial charge < -0.3 is 10.4 Å². The van der Waals surface area contributed by atoms with E-state index in [0.29, 0.717) is 0 Å². The fraction of sp³-hybridized carbons (Fsp3) is 0.143. The first-order valence-electron chi connectivity index (χ1n) is 2.71. The fourth-order valence-corrected chi connectivity index (χ4v) is 0.633. The van der Waals surface area contributed by atoms with Crippen molar-refractivity contribution in [2.45, 2.75) is 0 Å². The van der Waals surface area contributed by atoms with E-state index in [1.807, 2.05) is 0 Å². The third-order valence-corrected chi connectivity index (χ3v) is 1.11. The van der Waals surface area contributed by atoms with E-state index in [2.05, 4.69) is 11.4 Å². The van der Waals surface area contributed by atoms with Gasteiger partial charge in [-0.05, 0) is 18.2 Å². The molecule has 1 radical (unpaired) electrons. The highest BCUT2D eigenvalue weighted by Gasteiger charge is 1.92. The summed E-state index contributed by atoms with van der Waals surface area (Å²) in [6.45, 7) is 0. The van der Waals surface area contributed by atoms with Crippen LogP contribution in [0.15, 0.2) is 18.2 Å². The second kappa shape index (κ2) is 2.40. The van der Waals surface area contributed by atoms with Crippen molar-refractivity contribution in [1.29, 1.82) is 0 Å². The molecule has 0 saturated carbocycles. The summed E-state index contributed by atoms with van der Waals surface area (Å²) >= 11 is 0. The largest absolute Gasteiger partial charge is 0.506 e. The van der Waals surface area contributed by atoms with Crippen molar-refractivity contribution in [3.63, 3.8) is 0 Å². The summed E-state index contributed by atoms with van der Waals surface area (Å²) in [7, 11) is 1.76. The number of hydrogen-bond donors (Lipinski definition) is 2.